The smallest absolute Gasteiger partial charge is 0.254 e. The molecule has 0 aliphatic heterocycles. The fourth-order valence-electron chi connectivity index (χ4n) is 5.50. The zero-order chi connectivity index (χ0) is 22.0. The van der Waals surface area contributed by atoms with Gasteiger partial charge in [-0.3, -0.25) is 4.79 Å². The second-order valence-electron chi connectivity index (χ2n) is 8.57. The van der Waals surface area contributed by atoms with E-state index in [1.165, 1.54) is 0 Å². The molecule has 0 spiro atoms. The van der Waals surface area contributed by atoms with Gasteiger partial charge in [0.25, 0.3) is 5.82 Å². The van der Waals surface area contributed by atoms with Crippen LogP contribution in [0.25, 0.3) is 0 Å². The number of primary amides is 1. The van der Waals surface area contributed by atoms with Crippen LogP contribution in [0, 0.1) is 25.2 Å². The molecule has 1 fully saturated rings. The molecule has 1 heterocycles. The number of imidazole rings is 1. The third kappa shape index (κ3) is 3.89. The molecular weight excluding hydrogens is 462 g/mol. The first kappa shape index (κ1) is 23.8. The molecule has 4 nitrogen and oxygen atoms in total. The van der Waals surface area contributed by atoms with E-state index >= 15 is 0 Å². The highest BCUT2D eigenvalue weighted by Gasteiger charge is 2.51. The van der Waals surface area contributed by atoms with E-state index in [0.717, 1.165) is 36.2 Å². The lowest BCUT2D eigenvalue weighted by atomic mass is 9.64. The van der Waals surface area contributed by atoms with Crippen molar-refractivity contribution in [1.29, 1.82) is 0 Å². The number of nitrogens with zero attached hydrogens (tertiary/aromatic N) is 2. The lowest BCUT2D eigenvalue weighted by Gasteiger charge is -2.37. The van der Waals surface area contributed by atoms with Crippen molar-refractivity contribution in [3.8, 4) is 12.3 Å². The van der Waals surface area contributed by atoms with Crippen LogP contribution in [0.2, 0.25) is 0 Å². The topological polar surface area (TPSA) is 51.9 Å². The Morgan fingerprint density at radius 2 is 1.69 bits per heavy atom. The molecule has 3 atom stereocenters. The van der Waals surface area contributed by atoms with E-state index in [0.29, 0.717) is 6.04 Å². The number of nitrogens with two attached hydrogens (primary N) is 1. The Morgan fingerprint density at radius 1 is 1.12 bits per heavy atom. The summed E-state index contributed by atoms with van der Waals surface area (Å²) in [6, 6.07) is 20.4. The number of aromatic nitrogens is 2. The molecule has 0 radical (unpaired) electrons. The Hall–Kier alpha value is -2.84. The first-order valence-electron chi connectivity index (χ1n) is 11.0. The van der Waals surface area contributed by atoms with Crippen LogP contribution in [0.3, 0.4) is 0 Å². The highest BCUT2D eigenvalue weighted by Crippen LogP contribution is 2.49. The lowest BCUT2D eigenvalue weighted by Crippen LogP contribution is -3.00. The molecule has 1 aromatic heterocycles. The highest BCUT2D eigenvalue weighted by molar-refractivity contribution is 5.91. The van der Waals surface area contributed by atoms with Gasteiger partial charge in [-0.05, 0) is 43.2 Å². The number of terminal acetylenes is 1. The summed E-state index contributed by atoms with van der Waals surface area (Å²) >= 11 is 0. The third-order valence-electron chi connectivity index (χ3n) is 7.05. The number of amides is 1. The molecule has 2 N–H and O–H groups in total. The average Bonchev–Trinajstić information content (AvgIpc) is 3.42. The summed E-state index contributed by atoms with van der Waals surface area (Å²) in [5, 5.41) is 0. The van der Waals surface area contributed by atoms with Crippen molar-refractivity contribution in [2.75, 3.05) is 0 Å². The molecule has 166 valence electrons. The number of carbonyl (C=O) groups is 1. The van der Waals surface area contributed by atoms with Crippen molar-refractivity contribution in [1.82, 2.24) is 4.57 Å². The maximum absolute atomic E-state index is 13.2. The maximum Gasteiger partial charge on any atom is 0.254 e. The van der Waals surface area contributed by atoms with Crippen LogP contribution in [-0.2, 0) is 10.2 Å². The monoisotopic (exact) mass is 491 g/mol. The Bertz CT molecular complexity index is 1060. The lowest BCUT2D eigenvalue weighted by molar-refractivity contribution is -0.712. The largest absolute Gasteiger partial charge is 1.00 e. The molecular formula is C27H30BrN3O. The quantitative estimate of drug-likeness (QED) is 0.407. The second kappa shape index (κ2) is 9.75. The van der Waals surface area contributed by atoms with E-state index in [4.69, 9.17) is 12.2 Å². The van der Waals surface area contributed by atoms with E-state index < -0.39 is 5.41 Å². The van der Waals surface area contributed by atoms with Crippen molar-refractivity contribution in [2.45, 2.75) is 50.6 Å². The predicted octanol–water partition coefficient (Wildman–Crippen LogP) is 1.10. The molecule has 32 heavy (non-hydrogen) atoms. The summed E-state index contributed by atoms with van der Waals surface area (Å²) in [4.78, 5) is 13.2. The maximum atomic E-state index is 13.2. The van der Waals surface area contributed by atoms with Gasteiger partial charge in [0.05, 0.1) is 0 Å². The Morgan fingerprint density at radius 3 is 2.19 bits per heavy atom. The minimum Gasteiger partial charge on any atom is -1.00 e. The molecule has 3 aromatic rings. The van der Waals surface area contributed by atoms with Gasteiger partial charge in [0.1, 0.15) is 23.9 Å². The summed E-state index contributed by atoms with van der Waals surface area (Å²) in [7, 11) is 0. The zero-order valence-electron chi connectivity index (χ0n) is 18.6. The standard InChI is InChI=1S/C27H29N3O.BrH/c1-4-20(2)29-17-18-30(21(29)3)25-16-15-24(19-25)27(26(28)31,22-11-7-5-8-12-22)23-13-9-6-10-14-23;/h1,5-14,17-18,20,24-25H,15-16,19H2,2-3H3,(H-,28,31);1H/t20?,24-,25+;/m1./s1. The first-order chi connectivity index (χ1) is 15.0. The van der Waals surface area contributed by atoms with Crippen LogP contribution >= 0.6 is 0 Å². The summed E-state index contributed by atoms with van der Waals surface area (Å²) < 4.78 is 4.44. The summed E-state index contributed by atoms with van der Waals surface area (Å²) in [5.41, 5.74) is 7.32. The molecule has 5 heteroatoms. The van der Waals surface area contributed by atoms with Crippen LogP contribution in [0.1, 0.15) is 55.2 Å². The molecule has 4 rings (SSSR count). The van der Waals surface area contributed by atoms with E-state index in [1.807, 2.05) is 67.6 Å². The minimum absolute atomic E-state index is 0. The second-order valence-corrected chi connectivity index (χ2v) is 8.57. The molecule has 1 unspecified atom stereocenters. The SMILES string of the molecule is C#CC(C)[n+]1ccn([C@H]2CC[C@@H](C(C(N)=O)(c3ccccc3)c3ccccc3)C2)c1C.[Br-]. The summed E-state index contributed by atoms with van der Waals surface area (Å²) in [6.45, 7) is 4.13. The first-order valence-corrected chi connectivity index (χ1v) is 11.0. The zero-order valence-corrected chi connectivity index (χ0v) is 20.2. The van der Waals surface area contributed by atoms with Gasteiger partial charge in [-0.15, -0.1) is 6.42 Å². The molecule has 1 saturated carbocycles. The number of rotatable bonds is 6. The van der Waals surface area contributed by atoms with Crippen molar-refractivity contribution < 1.29 is 26.3 Å². The number of hydrogen-bond donors (Lipinski definition) is 1. The van der Waals surface area contributed by atoms with E-state index in [1.54, 1.807) is 0 Å². The van der Waals surface area contributed by atoms with E-state index in [-0.39, 0.29) is 34.8 Å². The fourth-order valence-corrected chi connectivity index (χ4v) is 5.50. The van der Waals surface area contributed by atoms with Crippen molar-refractivity contribution in [3.05, 3.63) is 90.0 Å². The number of hydrogen-bond acceptors (Lipinski definition) is 1. The van der Waals surface area contributed by atoms with Crippen LogP contribution < -0.4 is 27.3 Å². The van der Waals surface area contributed by atoms with Crippen LogP contribution in [0.5, 0.6) is 0 Å². The average molecular weight is 492 g/mol. The van der Waals surface area contributed by atoms with Gasteiger partial charge in [-0.1, -0.05) is 66.6 Å². The van der Waals surface area contributed by atoms with Crippen LogP contribution in [-0.4, -0.2) is 10.5 Å². The molecule has 1 aliphatic rings. The molecule has 2 aromatic carbocycles. The van der Waals surface area contributed by atoms with Crippen LogP contribution in [0.4, 0.5) is 0 Å². The van der Waals surface area contributed by atoms with Crippen molar-refractivity contribution in [2.24, 2.45) is 11.7 Å². The summed E-state index contributed by atoms with van der Waals surface area (Å²) in [5.74, 6) is 3.77. The Kier molecular flexibility index (Phi) is 7.26. The van der Waals surface area contributed by atoms with Gasteiger partial charge in [-0.25, -0.2) is 9.13 Å². The van der Waals surface area contributed by atoms with Gasteiger partial charge in [0.2, 0.25) is 5.91 Å². The summed E-state index contributed by atoms with van der Waals surface area (Å²) in [6.07, 6.45) is 12.6. The van der Waals surface area contributed by atoms with E-state index in [2.05, 4.69) is 34.4 Å². The molecule has 0 bridgehead atoms. The fraction of sp³-hybridized carbons (Fsp3) is 0.333. The van der Waals surface area contributed by atoms with Crippen molar-refractivity contribution in [3.63, 3.8) is 0 Å². The number of benzene rings is 2. The molecule has 1 aliphatic carbocycles. The number of halogens is 1. The highest BCUT2D eigenvalue weighted by atomic mass is 79.9. The minimum atomic E-state index is -0.847. The van der Waals surface area contributed by atoms with Gasteiger partial charge in [-0.2, -0.15) is 0 Å². The Labute approximate surface area is 201 Å². The van der Waals surface area contributed by atoms with Gasteiger partial charge < -0.3 is 22.7 Å². The normalized spacial score (nSPS) is 19.0. The molecule has 1 amide bonds. The van der Waals surface area contributed by atoms with Crippen molar-refractivity contribution >= 4 is 5.91 Å². The van der Waals surface area contributed by atoms with Gasteiger partial charge in [0, 0.05) is 6.92 Å². The predicted molar refractivity (Wildman–Crippen MR) is 122 cm³/mol. The van der Waals surface area contributed by atoms with E-state index in [9.17, 15) is 4.79 Å². The van der Waals surface area contributed by atoms with Gasteiger partial charge >= 0.3 is 0 Å². The molecule has 0 saturated heterocycles. The van der Waals surface area contributed by atoms with Crippen LogP contribution in [0.15, 0.2) is 73.1 Å². The van der Waals surface area contributed by atoms with Gasteiger partial charge in [0.15, 0.2) is 6.04 Å². The number of carbonyl (C=O) groups excluding carboxylic acids is 1. The Balaban J connectivity index is 0.00000289. The third-order valence-corrected chi connectivity index (χ3v) is 7.05.